The monoisotopic (exact) mass is 560 g/mol. The van der Waals surface area contributed by atoms with E-state index in [1.165, 1.54) is 11.1 Å². The molecule has 2 aromatic carbocycles. The molecule has 3 amide bonds. The molecule has 2 fully saturated rings. The van der Waals surface area contributed by atoms with E-state index in [0.29, 0.717) is 36.3 Å². The number of aromatic nitrogens is 1. The fraction of sp³-hybridized carbons (Fsp3) is 0.333. The van der Waals surface area contributed by atoms with E-state index in [9.17, 15) is 18.8 Å². The van der Waals surface area contributed by atoms with Gasteiger partial charge in [-0.1, -0.05) is 12.1 Å². The van der Waals surface area contributed by atoms with Crippen LogP contribution in [-0.2, 0) is 11.3 Å². The lowest BCUT2D eigenvalue weighted by molar-refractivity contribution is -0.123. The number of rotatable bonds is 4. The van der Waals surface area contributed by atoms with Gasteiger partial charge in [-0.25, -0.2) is 4.39 Å². The normalized spacial score (nSPS) is 20.7. The Balaban J connectivity index is 1.29. The minimum absolute atomic E-state index is 0.110. The molecule has 1 aromatic heterocycles. The molecule has 3 aliphatic heterocycles. The van der Waals surface area contributed by atoms with Crippen molar-refractivity contribution in [2.24, 2.45) is 5.92 Å². The molecule has 0 spiro atoms. The van der Waals surface area contributed by atoms with E-state index in [4.69, 9.17) is 14.2 Å². The first-order valence-corrected chi connectivity index (χ1v) is 13.5. The van der Waals surface area contributed by atoms with Crippen molar-refractivity contribution in [3.8, 4) is 17.2 Å². The van der Waals surface area contributed by atoms with Crippen molar-refractivity contribution in [2.45, 2.75) is 31.5 Å². The second-order valence-electron chi connectivity index (χ2n) is 10.5. The molecule has 1 saturated heterocycles. The Morgan fingerprint density at radius 2 is 1.88 bits per heavy atom. The molecule has 4 aliphatic rings. The topological polar surface area (TPSA) is 119 Å². The van der Waals surface area contributed by atoms with Gasteiger partial charge >= 0.3 is 0 Å². The van der Waals surface area contributed by atoms with Crippen LogP contribution in [0.4, 0.5) is 4.39 Å². The van der Waals surface area contributed by atoms with Gasteiger partial charge in [0.2, 0.25) is 0 Å². The van der Waals surface area contributed by atoms with Gasteiger partial charge in [-0.15, -0.1) is 0 Å². The van der Waals surface area contributed by atoms with Crippen LogP contribution < -0.4 is 24.8 Å². The smallest absolute Gasteiger partial charge is 0.258 e. The zero-order valence-electron chi connectivity index (χ0n) is 22.2. The van der Waals surface area contributed by atoms with Crippen molar-refractivity contribution in [2.75, 3.05) is 26.3 Å². The zero-order chi connectivity index (χ0) is 28.3. The number of carbonyl (C=O) groups is 3. The quantitative estimate of drug-likeness (QED) is 0.504. The van der Waals surface area contributed by atoms with E-state index in [-0.39, 0.29) is 36.7 Å². The number of amides is 3. The summed E-state index contributed by atoms with van der Waals surface area (Å²) in [5.74, 6) is 0.0653. The molecule has 0 unspecified atom stereocenters. The van der Waals surface area contributed by atoms with Crippen molar-refractivity contribution in [3.05, 3.63) is 83.4 Å². The van der Waals surface area contributed by atoms with Gasteiger partial charge in [0.25, 0.3) is 17.7 Å². The summed E-state index contributed by atoms with van der Waals surface area (Å²) in [5.41, 5.74) is 1.25. The Kier molecular flexibility index (Phi) is 7.41. The van der Waals surface area contributed by atoms with E-state index < -0.39 is 29.8 Å². The van der Waals surface area contributed by atoms with Crippen molar-refractivity contribution >= 4 is 17.7 Å². The summed E-state index contributed by atoms with van der Waals surface area (Å²) in [7, 11) is 0. The van der Waals surface area contributed by atoms with E-state index in [0.717, 1.165) is 30.7 Å². The van der Waals surface area contributed by atoms with Crippen LogP contribution in [0.3, 0.4) is 0 Å². The van der Waals surface area contributed by atoms with Gasteiger partial charge in [0.05, 0.1) is 31.0 Å². The lowest BCUT2D eigenvalue weighted by Crippen LogP contribution is -2.45. The van der Waals surface area contributed by atoms with Crippen molar-refractivity contribution < 1.29 is 33.0 Å². The van der Waals surface area contributed by atoms with E-state index in [2.05, 4.69) is 15.6 Å². The first kappa shape index (κ1) is 26.5. The van der Waals surface area contributed by atoms with E-state index in [1.54, 1.807) is 30.3 Å². The highest BCUT2D eigenvalue weighted by molar-refractivity contribution is 5.96. The Morgan fingerprint density at radius 3 is 2.66 bits per heavy atom. The number of ether oxygens (including phenoxy) is 3. The second-order valence-corrected chi connectivity index (χ2v) is 10.5. The van der Waals surface area contributed by atoms with Gasteiger partial charge in [-0.05, 0) is 54.7 Å². The highest BCUT2D eigenvalue weighted by Gasteiger charge is 2.38. The highest BCUT2D eigenvalue weighted by atomic mass is 19.1. The fourth-order valence-electron chi connectivity index (χ4n) is 4.79. The predicted molar refractivity (Wildman–Crippen MR) is 144 cm³/mol. The number of fused-ring (bicyclic) bond motifs is 7. The lowest BCUT2D eigenvalue weighted by Gasteiger charge is -2.21. The number of halogens is 1. The van der Waals surface area contributed by atoms with Crippen LogP contribution in [0.5, 0.6) is 17.2 Å². The number of carbonyl (C=O) groups excluding carboxylic acids is 3. The largest absolute Gasteiger partial charge is 0.493 e. The fourth-order valence-corrected chi connectivity index (χ4v) is 4.79. The average Bonchev–Trinajstić information content (AvgIpc) is 3.73. The number of hydrogen-bond donors (Lipinski definition) is 2. The maximum Gasteiger partial charge on any atom is 0.258 e. The van der Waals surface area contributed by atoms with Crippen molar-refractivity contribution in [1.29, 1.82) is 0 Å². The number of nitrogens with one attached hydrogen (secondary N) is 2. The molecule has 2 atom stereocenters. The zero-order valence-corrected chi connectivity index (χ0v) is 22.2. The van der Waals surface area contributed by atoms with Crippen LogP contribution in [0, 0.1) is 11.7 Å². The molecule has 11 heteroatoms. The van der Waals surface area contributed by atoms with Crippen LogP contribution >= 0.6 is 0 Å². The van der Waals surface area contributed by atoms with Gasteiger partial charge in [-0.2, -0.15) is 0 Å². The summed E-state index contributed by atoms with van der Waals surface area (Å²) in [6.45, 7) is 0.909. The molecule has 7 rings (SSSR count). The molecule has 2 N–H and O–H groups in total. The first-order valence-electron chi connectivity index (χ1n) is 13.5. The van der Waals surface area contributed by atoms with Crippen LogP contribution in [0.2, 0.25) is 0 Å². The average molecular weight is 561 g/mol. The summed E-state index contributed by atoms with van der Waals surface area (Å²) in [4.78, 5) is 44.4. The highest BCUT2D eigenvalue weighted by Crippen LogP contribution is 2.31. The van der Waals surface area contributed by atoms with Gasteiger partial charge in [0, 0.05) is 30.9 Å². The van der Waals surface area contributed by atoms with Crippen LogP contribution in [0.25, 0.3) is 0 Å². The molecule has 0 radical (unpaired) electrons. The lowest BCUT2D eigenvalue weighted by atomic mass is 10.1. The Bertz CT molecular complexity index is 1460. The molecule has 10 nitrogen and oxygen atoms in total. The maximum absolute atomic E-state index is 13.8. The number of nitrogens with zero attached hydrogens (tertiary/aromatic N) is 2. The second kappa shape index (κ2) is 11.4. The van der Waals surface area contributed by atoms with Crippen molar-refractivity contribution in [1.82, 2.24) is 20.5 Å². The molecular formula is C30H29FN4O6. The molecule has 4 heterocycles. The van der Waals surface area contributed by atoms with Gasteiger partial charge < -0.3 is 29.7 Å². The summed E-state index contributed by atoms with van der Waals surface area (Å²) >= 11 is 0. The molecule has 3 aromatic rings. The maximum atomic E-state index is 13.8. The third kappa shape index (κ3) is 6.56. The minimum Gasteiger partial charge on any atom is -0.493 e. The number of pyridine rings is 1. The molecule has 1 aliphatic carbocycles. The molecule has 1 saturated carbocycles. The molecule has 4 bridgehead atoms. The first-order chi connectivity index (χ1) is 19.9. The summed E-state index contributed by atoms with van der Waals surface area (Å²) in [6, 6.07) is 12.6. The summed E-state index contributed by atoms with van der Waals surface area (Å²) < 4.78 is 31.7. The number of benzene rings is 2. The van der Waals surface area contributed by atoms with Gasteiger partial charge in [0.15, 0.2) is 6.61 Å². The van der Waals surface area contributed by atoms with Crippen molar-refractivity contribution in [3.63, 3.8) is 0 Å². The minimum atomic E-state index is -0.612. The van der Waals surface area contributed by atoms with Crippen LogP contribution in [-0.4, -0.2) is 66.1 Å². The van der Waals surface area contributed by atoms with E-state index in [1.807, 2.05) is 12.1 Å². The summed E-state index contributed by atoms with van der Waals surface area (Å²) in [5, 5.41) is 5.81. The Labute approximate surface area is 235 Å². The Morgan fingerprint density at radius 1 is 1.05 bits per heavy atom. The van der Waals surface area contributed by atoms with Crippen LogP contribution in [0.15, 0.2) is 60.9 Å². The third-order valence-electron chi connectivity index (χ3n) is 7.22. The SMILES string of the molecule is O=C1COc2cc(OCC3CC3)cc(c2)C(=O)N[C@H]2CN(C(=O)c3cncc(F)c3)C[C@@H]2Oc2ccc(cc2)CN1. The van der Waals surface area contributed by atoms with Gasteiger partial charge in [0.1, 0.15) is 29.2 Å². The third-order valence-corrected chi connectivity index (χ3v) is 7.22. The molecule has 41 heavy (non-hydrogen) atoms. The Hall–Kier alpha value is -4.67. The predicted octanol–water partition coefficient (Wildman–Crippen LogP) is 2.72. The number of likely N-dealkylation sites (tertiary alicyclic amines) is 1. The number of hydrogen-bond acceptors (Lipinski definition) is 7. The standard InChI is InChI=1S/C30H29FN4O6/c31-22-7-21(12-32-13-22)30(38)35-14-26-27(15-35)41-23-5-3-18(4-6-23)11-33-28(36)17-40-25-9-20(29(37)34-26)8-24(10-25)39-16-19-1-2-19/h3-10,12-13,19,26-27H,1-2,11,14-17H2,(H,33,36)(H,34,37)/t26-,27-/m0/s1. The molecular weight excluding hydrogens is 531 g/mol. The summed E-state index contributed by atoms with van der Waals surface area (Å²) in [6.07, 6.45) is 3.97. The molecule has 212 valence electrons. The van der Waals surface area contributed by atoms with Crippen LogP contribution in [0.1, 0.15) is 39.1 Å². The van der Waals surface area contributed by atoms with Gasteiger partial charge in [-0.3, -0.25) is 19.4 Å². The van der Waals surface area contributed by atoms with E-state index >= 15 is 0 Å².